The number of carbonyl (C=O) groups is 1. The van der Waals surface area contributed by atoms with Crippen LogP contribution in [-0.2, 0) is 0 Å². The smallest absolute Gasteiger partial charge is 0.256 e. The number of anilines is 1. The van der Waals surface area contributed by atoms with Crippen molar-refractivity contribution >= 4 is 57.3 Å². The Balaban J connectivity index is 1.83. The minimum absolute atomic E-state index is 0.0337. The summed E-state index contributed by atoms with van der Waals surface area (Å²) in [6.45, 7) is 0. The van der Waals surface area contributed by atoms with Crippen LogP contribution in [0.25, 0.3) is 22.2 Å². The molecule has 0 fully saturated rings. The molecule has 0 aliphatic rings. The summed E-state index contributed by atoms with van der Waals surface area (Å²) in [4.78, 5) is 17.6. The van der Waals surface area contributed by atoms with Gasteiger partial charge in [-0.3, -0.25) is 4.79 Å². The van der Waals surface area contributed by atoms with Crippen LogP contribution in [-0.4, -0.2) is 10.9 Å². The maximum Gasteiger partial charge on any atom is 0.256 e. The summed E-state index contributed by atoms with van der Waals surface area (Å²) in [5, 5.41) is 4.38. The lowest BCUT2D eigenvalue weighted by Gasteiger charge is -2.12. The van der Waals surface area contributed by atoms with Crippen LogP contribution < -0.4 is 5.32 Å². The van der Waals surface area contributed by atoms with Gasteiger partial charge in [0.05, 0.1) is 27.5 Å². The number of nitrogens with one attached hydrogen (secondary N) is 1. The van der Waals surface area contributed by atoms with E-state index in [4.69, 9.17) is 34.8 Å². The number of hydrogen-bond donors (Lipinski definition) is 1. The summed E-state index contributed by atoms with van der Waals surface area (Å²) in [6, 6.07) is 17.9. The largest absolute Gasteiger partial charge is 0.319 e. The molecule has 0 atom stereocenters. The highest BCUT2D eigenvalue weighted by Crippen LogP contribution is 2.32. The monoisotopic (exact) mass is 444 g/mol. The number of carbonyl (C=O) groups excluding carboxylic acids is 1. The van der Waals surface area contributed by atoms with Gasteiger partial charge in [-0.05, 0) is 48.5 Å². The van der Waals surface area contributed by atoms with Crippen molar-refractivity contribution < 1.29 is 9.18 Å². The summed E-state index contributed by atoms with van der Waals surface area (Å²) in [6.07, 6.45) is 0. The highest BCUT2D eigenvalue weighted by Gasteiger charge is 2.17. The molecule has 7 heteroatoms. The number of aromatic nitrogens is 1. The number of hydrogen-bond acceptors (Lipinski definition) is 2. The zero-order valence-electron chi connectivity index (χ0n) is 14.7. The predicted octanol–water partition coefficient (Wildman–Crippen LogP) is 7.25. The van der Waals surface area contributed by atoms with E-state index in [1.54, 1.807) is 42.5 Å². The number of halogens is 4. The summed E-state index contributed by atoms with van der Waals surface area (Å²) in [5.74, 6) is -1.10. The number of rotatable bonds is 3. The van der Waals surface area contributed by atoms with Crippen LogP contribution in [0.15, 0.2) is 66.7 Å². The molecule has 0 saturated carbocycles. The Morgan fingerprint density at radius 3 is 2.38 bits per heavy atom. The predicted molar refractivity (Wildman–Crippen MR) is 117 cm³/mol. The van der Waals surface area contributed by atoms with E-state index in [1.165, 1.54) is 12.1 Å². The second kappa shape index (κ2) is 7.99. The molecule has 1 heterocycles. The molecule has 0 radical (unpaired) electrons. The number of fused-ring (bicyclic) bond motifs is 1. The molecule has 0 saturated heterocycles. The molecular weight excluding hydrogens is 434 g/mol. The zero-order valence-corrected chi connectivity index (χ0v) is 17.0. The summed E-state index contributed by atoms with van der Waals surface area (Å²) in [7, 11) is 0. The van der Waals surface area contributed by atoms with E-state index in [1.807, 2.05) is 6.07 Å². The molecule has 0 aliphatic carbocycles. The quantitative estimate of drug-likeness (QED) is 0.361. The van der Waals surface area contributed by atoms with Gasteiger partial charge in [0.25, 0.3) is 5.91 Å². The number of pyridine rings is 1. The fourth-order valence-electron chi connectivity index (χ4n) is 2.98. The van der Waals surface area contributed by atoms with Crippen LogP contribution in [0, 0.1) is 5.82 Å². The zero-order chi connectivity index (χ0) is 20.5. The van der Waals surface area contributed by atoms with Crippen LogP contribution >= 0.6 is 34.8 Å². The first-order valence-corrected chi connectivity index (χ1v) is 9.67. The first-order chi connectivity index (χ1) is 13.9. The highest BCUT2D eigenvalue weighted by molar-refractivity contribution is 6.36. The Kier molecular flexibility index (Phi) is 5.41. The SMILES string of the molecule is O=C(Nc1ccc(Cl)cc1F)c1cc(-c2ccc(Cl)cc2Cl)nc2ccccc12. The van der Waals surface area contributed by atoms with Crippen LogP contribution in [0.1, 0.15) is 10.4 Å². The van der Waals surface area contributed by atoms with Gasteiger partial charge < -0.3 is 5.32 Å². The fourth-order valence-corrected chi connectivity index (χ4v) is 3.64. The molecule has 29 heavy (non-hydrogen) atoms. The van der Waals surface area contributed by atoms with Crippen molar-refractivity contribution in [2.45, 2.75) is 0 Å². The van der Waals surface area contributed by atoms with E-state index in [0.29, 0.717) is 37.8 Å². The summed E-state index contributed by atoms with van der Waals surface area (Å²) >= 11 is 18.1. The van der Waals surface area contributed by atoms with E-state index in [9.17, 15) is 9.18 Å². The Morgan fingerprint density at radius 1 is 0.897 bits per heavy atom. The van der Waals surface area contributed by atoms with Gasteiger partial charge in [0, 0.05) is 21.0 Å². The van der Waals surface area contributed by atoms with E-state index in [-0.39, 0.29) is 10.7 Å². The normalized spacial score (nSPS) is 10.9. The third-order valence-corrected chi connectivity index (χ3v) is 5.13. The molecule has 3 aromatic carbocycles. The maximum atomic E-state index is 14.1. The second-order valence-corrected chi connectivity index (χ2v) is 7.55. The fraction of sp³-hybridized carbons (Fsp3) is 0. The van der Waals surface area contributed by atoms with Crippen LogP contribution in [0.4, 0.5) is 10.1 Å². The lowest BCUT2D eigenvalue weighted by atomic mass is 10.0. The molecule has 1 aromatic heterocycles. The number of nitrogens with zero attached hydrogens (tertiary/aromatic N) is 1. The first-order valence-electron chi connectivity index (χ1n) is 8.54. The van der Waals surface area contributed by atoms with Gasteiger partial charge in [-0.25, -0.2) is 9.37 Å². The summed E-state index contributed by atoms with van der Waals surface area (Å²) in [5.41, 5.74) is 2.12. The van der Waals surface area contributed by atoms with Crippen LogP contribution in [0.3, 0.4) is 0 Å². The molecule has 4 aromatic rings. The first kappa shape index (κ1) is 19.6. The van der Waals surface area contributed by atoms with Crippen molar-refractivity contribution in [2.75, 3.05) is 5.32 Å². The molecule has 144 valence electrons. The van der Waals surface area contributed by atoms with Gasteiger partial charge in [-0.2, -0.15) is 0 Å². The maximum absolute atomic E-state index is 14.1. The van der Waals surface area contributed by atoms with Gasteiger partial charge in [0.1, 0.15) is 5.82 Å². The second-order valence-electron chi connectivity index (χ2n) is 6.27. The van der Waals surface area contributed by atoms with Gasteiger partial charge >= 0.3 is 0 Å². The van der Waals surface area contributed by atoms with Crippen LogP contribution in [0.2, 0.25) is 15.1 Å². The average molecular weight is 446 g/mol. The Bertz CT molecular complexity index is 1260. The number of para-hydroxylation sites is 1. The van der Waals surface area contributed by atoms with E-state index in [0.717, 1.165) is 6.07 Å². The van der Waals surface area contributed by atoms with E-state index < -0.39 is 11.7 Å². The van der Waals surface area contributed by atoms with Crippen molar-refractivity contribution in [2.24, 2.45) is 0 Å². The van der Waals surface area contributed by atoms with Gasteiger partial charge in [0.15, 0.2) is 0 Å². The third kappa shape index (κ3) is 4.06. The molecule has 0 spiro atoms. The number of benzene rings is 3. The lowest BCUT2D eigenvalue weighted by Crippen LogP contribution is -2.14. The highest BCUT2D eigenvalue weighted by atomic mass is 35.5. The average Bonchev–Trinajstić information content (AvgIpc) is 2.69. The molecule has 1 amide bonds. The Hall–Kier alpha value is -2.66. The molecule has 3 nitrogen and oxygen atoms in total. The Morgan fingerprint density at radius 2 is 1.62 bits per heavy atom. The van der Waals surface area contributed by atoms with Gasteiger partial charge in [-0.15, -0.1) is 0 Å². The molecule has 0 bridgehead atoms. The van der Waals surface area contributed by atoms with E-state index in [2.05, 4.69) is 10.3 Å². The lowest BCUT2D eigenvalue weighted by molar-refractivity contribution is 0.102. The van der Waals surface area contributed by atoms with E-state index >= 15 is 0 Å². The minimum atomic E-state index is -0.620. The minimum Gasteiger partial charge on any atom is -0.319 e. The van der Waals surface area contributed by atoms with Gasteiger partial charge in [0.2, 0.25) is 0 Å². The molecule has 1 N–H and O–H groups in total. The van der Waals surface area contributed by atoms with Crippen molar-refractivity contribution in [3.05, 3.63) is 93.2 Å². The molecule has 0 unspecified atom stereocenters. The topological polar surface area (TPSA) is 42.0 Å². The van der Waals surface area contributed by atoms with Gasteiger partial charge in [-0.1, -0.05) is 53.0 Å². The Labute approximate surface area is 181 Å². The van der Waals surface area contributed by atoms with Crippen molar-refractivity contribution in [1.82, 2.24) is 4.98 Å². The molecule has 4 rings (SSSR count). The summed E-state index contributed by atoms with van der Waals surface area (Å²) < 4.78 is 14.1. The number of amides is 1. The molecular formula is C22H12Cl3FN2O. The van der Waals surface area contributed by atoms with Crippen molar-refractivity contribution in [1.29, 1.82) is 0 Å². The third-order valence-electron chi connectivity index (χ3n) is 4.35. The van der Waals surface area contributed by atoms with Crippen LogP contribution in [0.5, 0.6) is 0 Å². The molecule has 0 aliphatic heterocycles. The van der Waals surface area contributed by atoms with Crippen molar-refractivity contribution in [3.63, 3.8) is 0 Å². The van der Waals surface area contributed by atoms with Crippen molar-refractivity contribution in [3.8, 4) is 11.3 Å². The standard InChI is InChI=1S/C22H12Cl3FN2O/c23-12-5-7-15(17(25)9-12)21-11-16(14-3-1-2-4-19(14)27-21)22(29)28-20-8-6-13(24)10-18(20)26/h1-11H,(H,28,29).